The normalized spacial score (nSPS) is 18.6. The Labute approximate surface area is 205 Å². The van der Waals surface area contributed by atoms with Crippen molar-refractivity contribution < 1.29 is 19.1 Å². The molecule has 35 heavy (non-hydrogen) atoms. The summed E-state index contributed by atoms with van der Waals surface area (Å²) in [5.41, 5.74) is 2.82. The molecule has 0 aliphatic carbocycles. The zero-order valence-electron chi connectivity index (χ0n) is 19.9. The number of amides is 2. The summed E-state index contributed by atoms with van der Waals surface area (Å²) < 4.78 is 11.7. The van der Waals surface area contributed by atoms with Crippen molar-refractivity contribution in [2.45, 2.75) is 19.3 Å². The number of carbonyl (C=O) groups is 2. The van der Waals surface area contributed by atoms with E-state index in [2.05, 4.69) is 17.1 Å². The van der Waals surface area contributed by atoms with Crippen LogP contribution in [-0.4, -0.2) is 72.6 Å². The van der Waals surface area contributed by atoms with E-state index in [1.165, 1.54) is 5.56 Å². The van der Waals surface area contributed by atoms with Crippen LogP contribution in [0.2, 0.25) is 0 Å². The van der Waals surface area contributed by atoms with E-state index in [1.54, 1.807) is 6.07 Å². The van der Waals surface area contributed by atoms with Gasteiger partial charge in [-0.1, -0.05) is 24.3 Å². The second-order valence-electron chi connectivity index (χ2n) is 9.24. The van der Waals surface area contributed by atoms with E-state index in [1.807, 2.05) is 52.4 Å². The lowest BCUT2D eigenvalue weighted by Crippen LogP contribution is -2.36. The molecule has 1 aromatic heterocycles. The van der Waals surface area contributed by atoms with Gasteiger partial charge in [-0.15, -0.1) is 0 Å². The lowest BCUT2D eigenvalue weighted by Gasteiger charge is -2.24. The molecule has 2 aromatic carbocycles. The van der Waals surface area contributed by atoms with Gasteiger partial charge in [0.05, 0.1) is 25.3 Å². The van der Waals surface area contributed by atoms with Gasteiger partial charge in [0.15, 0.2) is 0 Å². The first-order valence-corrected chi connectivity index (χ1v) is 12.4. The molecule has 0 bridgehead atoms. The van der Waals surface area contributed by atoms with Gasteiger partial charge in [-0.3, -0.25) is 14.6 Å². The molecule has 3 heterocycles. The average molecular weight is 474 g/mol. The molecule has 1 atom stereocenters. The van der Waals surface area contributed by atoms with Gasteiger partial charge >= 0.3 is 0 Å². The van der Waals surface area contributed by atoms with Crippen LogP contribution < -0.4 is 4.74 Å². The summed E-state index contributed by atoms with van der Waals surface area (Å²) in [6.45, 7) is 4.15. The van der Waals surface area contributed by atoms with Crippen LogP contribution in [-0.2, 0) is 16.0 Å². The molecule has 7 heteroatoms. The number of rotatable bonds is 7. The third kappa shape index (κ3) is 5.62. The van der Waals surface area contributed by atoms with Gasteiger partial charge in [0.1, 0.15) is 12.4 Å². The molecule has 0 N–H and O–H groups in total. The molecular weight excluding hydrogens is 442 g/mol. The fourth-order valence-electron chi connectivity index (χ4n) is 4.96. The Morgan fingerprint density at radius 2 is 2.03 bits per heavy atom. The second kappa shape index (κ2) is 10.9. The van der Waals surface area contributed by atoms with Gasteiger partial charge in [0, 0.05) is 49.1 Å². The van der Waals surface area contributed by atoms with Gasteiger partial charge in [0.2, 0.25) is 5.91 Å². The molecule has 3 aromatic rings. The number of carbonyl (C=O) groups excluding carboxylic acids is 2. The smallest absolute Gasteiger partial charge is 0.254 e. The molecule has 182 valence electrons. The third-order valence-corrected chi connectivity index (χ3v) is 6.75. The zero-order chi connectivity index (χ0) is 24.0. The summed E-state index contributed by atoms with van der Waals surface area (Å²) in [7, 11) is 0. The first-order chi connectivity index (χ1) is 17.2. The van der Waals surface area contributed by atoms with Gasteiger partial charge in [-0.25, -0.2) is 0 Å². The van der Waals surface area contributed by atoms with E-state index in [0.717, 1.165) is 30.3 Å². The van der Waals surface area contributed by atoms with Gasteiger partial charge < -0.3 is 19.3 Å². The minimum absolute atomic E-state index is 0.0137. The van der Waals surface area contributed by atoms with E-state index in [9.17, 15) is 9.59 Å². The lowest BCUT2D eigenvalue weighted by atomic mass is 9.96. The predicted octanol–water partition coefficient (Wildman–Crippen LogP) is 3.57. The number of pyridine rings is 1. The Bertz CT molecular complexity index is 1190. The van der Waals surface area contributed by atoms with Crippen LogP contribution >= 0.6 is 0 Å². The largest absolute Gasteiger partial charge is 0.492 e. The van der Waals surface area contributed by atoms with Crippen LogP contribution in [0, 0.1) is 5.92 Å². The van der Waals surface area contributed by atoms with Crippen molar-refractivity contribution in [3.63, 3.8) is 0 Å². The predicted molar refractivity (Wildman–Crippen MR) is 133 cm³/mol. The summed E-state index contributed by atoms with van der Waals surface area (Å²) in [6, 6.07) is 17.6. The summed E-state index contributed by atoms with van der Waals surface area (Å²) in [4.78, 5) is 33.4. The summed E-state index contributed by atoms with van der Waals surface area (Å²) >= 11 is 0. The molecule has 0 saturated carbocycles. The second-order valence-corrected chi connectivity index (χ2v) is 9.24. The number of nitrogens with zero attached hydrogens (tertiary/aromatic N) is 3. The van der Waals surface area contributed by atoms with Crippen LogP contribution in [0.4, 0.5) is 0 Å². The topological polar surface area (TPSA) is 72.0 Å². The summed E-state index contributed by atoms with van der Waals surface area (Å²) in [5.74, 6) is 1.02. The van der Waals surface area contributed by atoms with E-state index in [0.29, 0.717) is 57.2 Å². The van der Waals surface area contributed by atoms with Crippen molar-refractivity contribution in [1.29, 1.82) is 0 Å². The Balaban J connectivity index is 1.23. The highest BCUT2D eigenvalue weighted by Gasteiger charge is 2.25. The minimum Gasteiger partial charge on any atom is -0.492 e. The highest BCUT2D eigenvalue weighted by atomic mass is 16.5. The fraction of sp³-hybridized carbons (Fsp3) is 0.393. The average Bonchev–Trinajstić information content (AvgIpc) is 3.15. The Hall–Kier alpha value is -3.45. The molecule has 2 fully saturated rings. The first kappa shape index (κ1) is 23.3. The highest BCUT2D eigenvalue weighted by Crippen LogP contribution is 2.23. The Morgan fingerprint density at radius 1 is 1.11 bits per heavy atom. The van der Waals surface area contributed by atoms with Crippen LogP contribution in [0.25, 0.3) is 10.9 Å². The van der Waals surface area contributed by atoms with Crippen molar-refractivity contribution in [2.75, 3.05) is 46.0 Å². The molecule has 7 nitrogen and oxygen atoms in total. The fourth-order valence-corrected chi connectivity index (χ4v) is 4.96. The van der Waals surface area contributed by atoms with Crippen molar-refractivity contribution >= 4 is 22.7 Å². The van der Waals surface area contributed by atoms with E-state index >= 15 is 0 Å². The third-order valence-electron chi connectivity index (χ3n) is 6.75. The molecule has 0 unspecified atom stereocenters. The number of aromatic nitrogens is 1. The van der Waals surface area contributed by atoms with E-state index < -0.39 is 0 Å². The van der Waals surface area contributed by atoms with Crippen molar-refractivity contribution in [3.05, 3.63) is 71.9 Å². The number of fused-ring (bicyclic) bond motifs is 1. The monoisotopic (exact) mass is 473 g/mol. The van der Waals surface area contributed by atoms with Crippen molar-refractivity contribution in [3.8, 4) is 5.75 Å². The Morgan fingerprint density at radius 3 is 2.91 bits per heavy atom. The molecule has 0 radical (unpaired) electrons. The van der Waals surface area contributed by atoms with Crippen LogP contribution in [0.15, 0.2) is 60.8 Å². The molecule has 2 aliphatic rings. The standard InChI is InChI=1S/C28H31N3O4/c32-27-10-4-12-30(27)14-16-35-24-7-1-6-23(18-24)28(33)31-13-15-34-20-21(19-31)17-22-5-2-9-26-25(22)8-3-11-29-26/h1-3,5-9,11,18,21H,4,10,12-17,19-20H2/t21-/m0/s1. The summed E-state index contributed by atoms with van der Waals surface area (Å²) in [5, 5.41) is 1.15. The first-order valence-electron chi connectivity index (χ1n) is 12.4. The number of ether oxygens (including phenoxy) is 2. The quantitative estimate of drug-likeness (QED) is 0.525. The van der Waals surface area contributed by atoms with Gasteiger partial charge in [-0.2, -0.15) is 0 Å². The molecule has 2 amide bonds. The molecule has 5 rings (SSSR count). The minimum atomic E-state index is -0.0137. The number of hydrogen-bond acceptors (Lipinski definition) is 5. The van der Waals surface area contributed by atoms with Crippen LogP contribution in [0.5, 0.6) is 5.75 Å². The molecule has 2 aliphatic heterocycles. The molecular formula is C28H31N3O4. The molecule has 2 saturated heterocycles. The maximum absolute atomic E-state index is 13.4. The zero-order valence-corrected chi connectivity index (χ0v) is 19.9. The van der Waals surface area contributed by atoms with Gasteiger partial charge in [-0.05, 0) is 48.7 Å². The summed E-state index contributed by atoms with van der Waals surface area (Å²) in [6.07, 6.45) is 4.18. The van der Waals surface area contributed by atoms with Crippen molar-refractivity contribution in [2.24, 2.45) is 5.92 Å². The van der Waals surface area contributed by atoms with E-state index in [-0.39, 0.29) is 17.7 Å². The lowest BCUT2D eigenvalue weighted by molar-refractivity contribution is -0.128. The van der Waals surface area contributed by atoms with Crippen LogP contribution in [0.1, 0.15) is 28.8 Å². The van der Waals surface area contributed by atoms with Gasteiger partial charge in [0.25, 0.3) is 5.91 Å². The van der Waals surface area contributed by atoms with Crippen molar-refractivity contribution in [1.82, 2.24) is 14.8 Å². The maximum Gasteiger partial charge on any atom is 0.254 e. The SMILES string of the molecule is O=C1CCCN1CCOc1cccc(C(=O)N2CCOC[C@@H](Cc3cccc4ncccc34)C2)c1. The Kier molecular flexibility index (Phi) is 7.23. The number of likely N-dealkylation sites (tertiary alicyclic amines) is 1. The number of hydrogen-bond donors (Lipinski definition) is 0. The van der Waals surface area contributed by atoms with Crippen LogP contribution in [0.3, 0.4) is 0 Å². The maximum atomic E-state index is 13.4. The highest BCUT2D eigenvalue weighted by molar-refractivity contribution is 5.94. The van der Waals surface area contributed by atoms with E-state index in [4.69, 9.17) is 9.47 Å². The molecule has 0 spiro atoms. The number of benzene rings is 2.